The summed E-state index contributed by atoms with van der Waals surface area (Å²) >= 11 is 3.92. The van der Waals surface area contributed by atoms with E-state index in [2.05, 4.69) is 4.98 Å². The highest BCUT2D eigenvalue weighted by Crippen LogP contribution is 2.36. The van der Waals surface area contributed by atoms with Crippen molar-refractivity contribution >= 4 is 29.3 Å². The predicted molar refractivity (Wildman–Crippen MR) is 72.3 cm³/mol. The molecule has 0 spiro atoms. The lowest BCUT2D eigenvalue weighted by atomic mass is 10.1. The van der Waals surface area contributed by atoms with Crippen LogP contribution in [0.4, 0.5) is 5.82 Å². The summed E-state index contributed by atoms with van der Waals surface area (Å²) in [6, 6.07) is 0. The zero-order chi connectivity index (χ0) is 11.7. The zero-order valence-corrected chi connectivity index (χ0v) is 11.1. The molecule has 3 heterocycles. The number of nitrogens with two attached hydrogens (primary N) is 1. The molecule has 4 nitrogen and oxygen atoms in total. The van der Waals surface area contributed by atoms with Crippen LogP contribution in [0.25, 0.3) is 0 Å². The number of hydrogen-bond donors (Lipinski definition) is 1. The zero-order valence-electron chi connectivity index (χ0n) is 9.52. The van der Waals surface area contributed by atoms with E-state index in [4.69, 9.17) is 15.5 Å². The highest BCUT2D eigenvalue weighted by atomic mass is 32.2. The molecule has 1 unspecified atom stereocenters. The Morgan fingerprint density at radius 1 is 1.29 bits per heavy atom. The van der Waals surface area contributed by atoms with Gasteiger partial charge in [0.05, 0.1) is 24.2 Å². The second-order valence-electron chi connectivity index (χ2n) is 4.13. The molecule has 0 radical (unpaired) electrons. The van der Waals surface area contributed by atoms with Gasteiger partial charge in [-0.1, -0.05) is 0 Å². The van der Waals surface area contributed by atoms with E-state index in [-0.39, 0.29) is 0 Å². The molecule has 2 aliphatic heterocycles. The first-order valence-electron chi connectivity index (χ1n) is 5.77. The first kappa shape index (κ1) is 11.6. The molecule has 2 aliphatic rings. The summed E-state index contributed by atoms with van der Waals surface area (Å²) < 4.78 is 5.39. The van der Waals surface area contributed by atoms with Crippen LogP contribution in [0, 0.1) is 0 Å². The molecule has 0 aromatic carbocycles. The second kappa shape index (κ2) is 5.04. The second-order valence-corrected chi connectivity index (χ2v) is 6.59. The summed E-state index contributed by atoms with van der Waals surface area (Å²) in [7, 11) is 0. The quantitative estimate of drug-likeness (QED) is 0.836. The van der Waals surface area contributed by atoms with E-state index in [9.17, 15) is 0 Å². The molecule has 1 aromatic heterocycles. The maximum Gasteiger partial charge on any atom is 0.144 e. The number of anilines is 1. The number of hydrogen-bond acceptors (Lipinski definition) is 6. The molecule has 1 fully saturated rings. The molecule has 0 saturated carbocycles. The summed E-state index contributed by atoms with van der Waals surface area (Å²) in [5.41, 5.74) is 8.09. The summed E-state index contributed by atoms with van der Waals surface area (Å²) in [6.07, 6.45) is 0.861. The van der Waals surface area contributed by atoms with E-state index in [1.165, 1.54) is 11.5 Å². The topological polar surface area (TPSA) is 61.0 Å². The van der Waals surface area contributed by atoms with E-state index in [0.29, 0.717) is 17.7 Å². The first-order valence-corrected chi connectivity index (χ1v) is 7.97. The average molecular weight is 269 g/mol. The predicted octanol–water partition coefficient (Wildman–Crippen LogP) is 1.65. The molecule has 3 rings (SSSR count). The molecule has 6 heteroatoms. The van der Waals surface area contributed by atoms with Crippen molar-refractivity contribution in [3.63, 3.8) is 0 Å². The van der Waals surface area contributed by atoms with Crippen molar-refractivity contribution in [2.45, 2.75) is 18.3 Å². The fourth-order valence-corrected chi connectivity index (χ4v) is 4.66. The lowest BCUT2D eigenvalue weighted by Gasteiger charge is -2.23. The molecule has 0 bridgehead atoms. The maximum absolute atomic E-state index is 6.00. The summed E-state index contributed by atoms with van der Waals surface area (Å²) in [5, 5.41) is 0.407. The molecule has 92 valence electrons. The number of nitrogen functional groups attached to an aromatic ring is 1. The van der Waals surface area contributed by atoms with Crippen molar-refractivity contribution in [1.82, 2.24) is 9.97 Å². The monoisotopic (exact) mass is 269 g/mol. The largest absolute Gasteiger partial charge is 0.383 e. The lowest BCUT2D eigenvalue weighted by Crippen LogP contribution is -2.19. The van der Waals surface area contributed by atoms with Gasteiger partial charge in [0.15, 0.2) is 0 Å². The Bertz CT molecular complexity index is 421. The van der Waals surface area contributed by atoms with Crippen LogP contribution in [-0.4, -0.2) is 33.8 Å². The maximum atomic E-state index is 6.00. The number of ether oxygens (including phenoxy) is 1. The van der Waals surface area contributed by atoms with E-state index in [0.717, 1.165) is 35.9 Å². The van der Waals surface area contributed by atoms with Gasteiger partial charge in [-0.2, -0.15) is 11.8 Å². The standard InChI is InChI=1S/C11H15N3OS2/c12-10-7-5-15-2-1-8(7)13-11(14-10)9-6-16-3-4-17-9/h9H,1-6H2,(H2,12,13,14). The number of nitrogens with zero attached hydrogens (tertiary/aromatic N) is 2. The smallest absolute Gasteiger partial charge is 0.144 e. The van der Waals surface area contributed by atoms with E-state index >= 15 is 0 Å². The Balaban J connectivity index is 1.92. The van der Waals surface area contributed by atoms with Crippen molar-refractivity contribution in [3.05, 3.63) is 17.1 Å². The van der Waals surface area contributed by atoms with Gasteiger partial charge < -0.3 is 10.5 Å². The van der Waals surface area contributed by atoms with Gasteiger partial charge >= 0.3 is 0 Å². The fraction of sp³-hybridized carbons (Fsp3) is 0.636. The third-order valence-electron chi connectivity index (χ3n) is 2.98. The van der Waals surface area contributed by atoms with E-state index < -0.39 is 0 Å². The summed E-state index contributed by atoms with van der Waals surface area (Å²) in [4.78, 5) is 9.16. The molecule has 1 atom stereocenters. The van der Waals surface area contributed by atoms with Crippen LogP contribution in [-0.2, 0) is 17.8 Å². The van der Waals surface area contributed by atoms with Gasteiger partial charge in [0.25, 0.3) is 0 Å². The third-order valence-corrected chi connectivity index (χ3v) is 5.73. The van der Waals surface area contributed by atoms with E-state index in [1.54, 1.807) is 0 Å². The minimum absolute atomic E-state index is 0.407. The van der Waals surface area contributed by atoms with Gasteiger partial charge in [0.1, 0.15) is 11.6 Å². The average Bonchev–Trinajstić information content (AvgIpc) is 2.40. The van der Waals surface area contributed by atoms with Crippen molar-refractivity contribution in [1.29, 1.82) is 0 Å². The SMILES string of the molecule is Nc1nc(C2CSCCS2)nc2c1COCC2. The summed E-state index contributed by atoms with van der Waals surface area (Å²) in [5.74, 6) is 5.04. The number of rotatable bonds is 1. The molecule has 0 aliphatic carbocycles. The number of aromatic nitrogens is 2. The minimum Gasteiger partial charge on any atom is -0.383 e. The molecule has 1 saturated heterocycles. The van der Waals surface area contributed by atoms with Crippen LogP contribution in [0.5, 0.6) is 0 Å². The van der Waals surface area contributed by atoms with Gasteiger partial charge in [0.2, 0.25) is 0 Å². The molecular weight excluding hydrogens is 254 g/mol. The van der Waals surface area contributed by atoms with Crippen LogP contribution in [0.2, 0.25) is 0 Å². The summed E-state index contributed by atoms with van der Waals surface area (Å²) in [6.45, 7) is 1.31. The van der Waals surface area contributed by atoms with Crippen molar-refractivity contribution in [2.24, 2.45) is 0 Å². The fourth-order valence-electron chi connectivity index (χ4n) is 2.06. The Morgan fingerprint density at radius 2 is 2.24 bits per heavy atom. The van der Waals surface area contributed by atoms with Crippen molar-refractivity contribution in [2.75, 3.05) is 29.6 Å². The third kappa shape index (κ3) is 2.39. The van der Waals surface area contributed by atoms with Crippen LogP contribution in [0.15, 0.2) is 0 Å². The van der Waals surface area contributed by atoms with Gasteiger partial charge in [-0.25, -0.2) is 9.97 Å². The Morgan fingerprint density at radius 3 is 3.06 bits per heavy atom. The van der Waals surface area contributed by atoms with Crippen LogP contribution in [0.3, 0.4) is 0 Å². The number of fused-ring (bicyclic) bond motifs is 1. The Hall–Kier alpha value is -0.460. The highest BCUT2D eigenvalue weighted by molar-refractivity contribution is 8.06. The Labute approximate surface area is 109 Å². The molecule has 1 aromatic rings. The molecule has 0 amide bonds. The lowest BCUT2D eigenvalue weighted by molar-refractivity contribution is 0.109. The van der Waals surface area contributed by atoms with Crippen LogP contribution < -0.4 is 5.73 Å². The van der Waals surface area contributed by atoms with Crippen LogP contribution in [0.1, 0.15) is 22.3 Å². The van der Waals surface area contributed by atoms with Gasteiger partial charge in [0, 0.05) is 29.2 Å². The van der Waals surface area contributed by atoms with Gasteiger partial charge in [-0.05, 0) is 0 Å². The Kier molecular flexibility index (Phi) is 3.44. The first-order chi connectivity index (χ1) is 8.34. The number of thioether (sulfide) groups is 2. The van der Waals surface area contributed by atoms with Crippen LogP contribution >= 0.6 is 23.5 Å². The van der Waals surface area contributed by atoms with Gasteiger partial charge in [-0.15, -0.1) is 11.8 Å². The minimum atomic E-state index is 0.407. The van der Waals surface area contributed by atoms with E-state index in [1.807, 2.05) is 23.5 Å². The normalized spacial score (nSPS) is 24.4. The van der Waals surface area contributed by atoms with Crippen molar-refractivity contribution < 1.29 is 4.74 Å². The molecule has 2 N–H and O–H groups in total. The van der Waals surface area contributed by atoms with Crippen molar-refractivity contribution in [3.8, 4) is 0 Å². The molecule has 17 heavy (non-hydrogen) atoms. The highest BCUT2D eigenvalue weighted by Gasteiger charge is 2.23. The van der Waals surface area contributed by atoms with Gasteiger partial charge in [-0.3, -0.25) is 0 Å². The molecular formula is C11H15N3OS2.